The second kappa shape index (κ2) is 7.23. The monoisotopic (exact) mass is 245 g/mol. The van der Waals surface area contributed by atoms with Crippen molar-refractivity contribution in [1.29, 1.82) is 0 Å². The van der Waals surface area contributed by atoms with Crippen molar-refractivity contribution in [2.45, 2.75) is 57.5 Å². The molecule has 1 aliphatic rings. The Labute approximate surface area is 110 Å². The van der Waals surface area contributed by atoms with Crippen LogP contribution >= 0.6 is 0 Å². The molecule has 1 N–H and O–H groups in total. The predicted molar refractivity (Wildman–Crippen MR) is 74.1 cm³/mol. The van der Waals surface area contributed by atoms with Crippen molar-refractivity contribution in [1.82, 2.24) is 15.1 Å². The van der Waals surface area contributed by atoms with Crippen LogP contribution in [-0.2, 0) is 6.54 Å². The van der Waals surface area contributed by atoms with Crippen molar-refractivity contribution in [2.24, 2.45) is 0 Å². The molecule has 1 aromatic heterocycles. The molecule has 2 rings (SSSR count). The van der Waals surface area contributed by atoms with Gasteiger partial charge in [0.05, 0.1) is 11.7 Å². The molecule has 0 spiro atoms. The van der Waals surface area contributed by atoms with Crippen molar-refractivity contribution >= 4 is 0 Å². The maximum absolute atomic E-state index is 5.21. The predicted octanol–water partition coefficient (Wildman–Crippen LogP) is 2.89. The van der Waals surface area contributed by atoms with Gasteiger partial charge >= 0.3 is 0 Å². The van der Waals surface area contributed by atoms with Crippen LogP contribution in [0.2, 0.25) is 0 Å². The molecule has 3 heteroatoms. The second-order valence-corrected chi connectivity index (χ2v) is 5.06. The lowest BCUT2D eigenvalue weighted by atomic mass is 10.2. The zero-order chi connectivity index (χ0) is 12.6. The largest absolute Gasteiger partial charge is 0.311 e. The number of nitrogens with one attached hydrogen (secondary N) is 1. The molecule has 0 aromatic carbocycles. The fourth-order valence-electron chi connectivity index (χ4n) is 2.54. The highest BCUT2D eigenvalue weighted by molar-refractivity contribution is 4.99. The van der Waals surface area contributed by atoms with E-state index in [9.17, 15) is 0 Å². The molecule has 0 aliphatic heterocycles. The molecule has 1 heterocycles. The number of nitrogens with zero attached hydrogens (tertiary/aromatic N) is 2. The van der Waals surface area contributed by atoms with E-state index in [0.29, 0.717) is 6.04 Å². The number of unbranched alkanes of at least 4 members (excludes halogenated alkanes) is 2. The van der Waals surface area contributed by atoms with Gasteiger partial charge in [0, 0.05) is 19.2 Å². The quantitative estimate of drug-likeness (QED) is 0.591. The highest BCUT2D eigenvalue weighted by atomic mass is 15.3. The molecule has 98 valence electrons. The third kappa shape index (κ3) is 3.89. The summed E-state index contributed by atoms with van der Waals surface area (Å²) in [6.07, 6.45) is 15.8. The third-order valence-corrected chi connectivity index (χ3v) is 3.59. The molecule has 18 heavy (non-hydrogen) atoms. The number of rotatable bonds is 7. The summed E-state index contributed by atoms with van der Waals surface area (Å²) in [6.45, 7) is 1.90. The number of terminal acetylenes is 1. The maximum Gasteiger partial charge on any atom is 0.0762 e. The topological polar surface area (TPSA) is 29.9 Å². The third-order valence-electron chi connectivity index (χ3n) is 3.59. The average molecular weight is 245 g/mol. The Bertz CT molecular complexity index is 383. The summed E-state index contributed by atoms with van der Waals surface area (Å²) in [7, 11) is 0. The Hall–Kier alpha value is -1.27. The highest BCUT2D eigenvalue weighted by Gasteiger charge is 2.17. The minimum atomic E-state index is 0.648. The van der Waals surface area contributed by atoms with Crippen molar-refractivity contribution in [2.75, 3.05) is 6.54 Å². The van der Waals surface area contributed by atoms with Crippen LogP contribution in [0.1, 0.15) is 56.7 Å². The highest BCUT2D eigenvalue weighted by Crippen LogP contribution is 2.28. The Morgan fingerprint density at radius 2 is 2.22 bits per heavy atom. The van der Waals surface area contributed by atoms with Gasteiger partial charge in [-0.3, -0.25) is 4.68 Å². The smallest absolute Gasteiger partial charge is 0.0762 e. The summed E-state index contributed by atoms with van der Waals surface area (Å²) >= 11 is 0. The standard InChI is InChI=1S/C15H23N3/c1-2-3-4-7-11-16-13-14-10-12-18(17-14)15-8-5-6-9-15/h1,10,12,15-16H,3-9,11,13H2. The molecule has 1 saturated carbocycles. The molecule has 1 aromatic rings. The van der Waals surface area contributed by atoms with Crippen LogP contribution in [0.25, 0.3) is 0 Å². The van der Waals surface area contributed by atoms with Gasteiger partial charge in [0.1, 0.15) is 0 Å². The molecular formula is C15H23N3. The lowest BCUT2D eigenvalue weighted by Crippen LogP contribution is -2.15. The van der Waals surface area contributed by atoms with Crippen LogP contribution in [0, 0.1) is 12.3 Å². The van der Waals surface area contributed by atoms with Gasteiger partial charge in [-0.25, -0.2) is 0 Å². The molecule has 3 nitrogen and oxygen atoms in total. The van der Waals surface area contributed by atoms with E-state index in [1.807, 2.05) is 0 Å². The van der Waals surface area contributed by atoms with E-state index in [1.54, 1.807) is 0 Å². The maximum atomic E-state index is 5.21. The second-order valence-electron chi connectivity index (χ2n) is 5.06. The SMILES string of the molecule is C#CCCCCNCc1ccn(C2CCCC2)n1. The van der Waals surface area contributed by atoms with Gasteiger partial charge in [0.2, 0.25) is 0 Å². The first kappa shape index (κ1) is 13.2. The summed E-state index contributed by atoms with van der Waals surface area (Å²) in [5, 5.41) is 8.07. The lowest BCUT2D eigenvalue weighted by molar-refractivity contribution is 0.460. The van der Waals surface area contributed by atoms with Crippen LogP contribution in [0.15, 0.2) is 12.3 Å². The Morgan fingerprint density at radius 1 is 1.39 bits per heavy atom. The van der Waals surface area contributed by atoms with E-state index >= 15 is 0 Å². The van der Waals surface area contributed by atoms with E-state index in [1.165, 1.54) is 25.7 Å². The van der Waals surface area contributed by atoms with Crippen molar-refractivity contribution in [3.05, 3.63) is 18.0 Å². The van der Waals surface area contributed by atoms with Crippen molar-refractivity contribution < 1.29 is 0 Å². The fourth-order valence-corrected chi connectivity index (χ4v) is 2.54. The lowest BCUT2D eigenvalue weighted by Gasteiger charge is -2.08. The van der Waals surface area contributed by atoms with E-state index in [0.717, 1.165) is 38.0 Å². The molecule has 0 radical (unpaired) electrons. The Kier molecular flexibility index (Phi) is 5.29. The molecular weight excluding hydrogens is 222 g/mol. The summed E-state index contributed by atoms with van der Waals surface area (Å²) in [5.74, 6) is 2.67. The molecule has 0 saturated heterocycles. The zero-order valence-electron chi connectivity index (χ0n) is 11.1. The van der Waals surface area contributed by atoms with E-state index < -0.39 is 0 Å². The molecule has 1 aliphatic carbocycles. The van der Waals surface area contributed by atoms with Gasteiger partial charge in [-0.1, -0.05) is 12.8 Å². The molecule has 0 atom stereocenters. The van der Waals surface area contributed by atoms with Crippen molar-refractivity contribution in [3.63, 3.8) is 0 Å². The summed E-state index contributed by atoms with van der Waals surface area (Å²) in [6, 6.07) is 2.78. The molecule has 0 bridgehead atoms. The van der Waals surface area contributed by atoms with Gasteiger partial charge in [-0.15, -0.1) is 12.3 Å². The van der Waals surface area contributed by atoms with Gasteiger partial charge < -0.3 is 5.32 Å². The Morgan fingerprint density at radius 3 is 3.00 bits per heavy atom. The van der Waals surface area contributed by atoms with Crippen LogP contribution in [0.4, 0.5) is 0 Å². The number of aromatic nitrogens is 2. The van der Waals surface area contributed by atoms with E-state index in [4.69, 9.17) is 6.42 Å². The first-order chi connectivity index (χ1) is 8.90. The number of hydrogen-bond acceptors (Lipinski definition) is 2. The van der Waals surface area contributed by atoms with Crippen LogP contribution in [0.3, 0.4) is 0 Å². The Balaban J connectivity index is 1.65. The zero-order valence-corrected chi connectivity index (χ0v) is 11.1. The fraction of sp³-hybridized carbons (Fsp3) is 0.667. The summed E-state index contributed by atoms with van der Waals surface area (Å²) in [5.41, 5.74) is 1.15. The van der Waals surface area contributed by atoms with Crippen LogP contribution < -0.4 is 5.32 Å². The molecule has 0 unspecified atom stereocenters. The molecule has 0 amide bonds. The van der Waals surface area contributed by atoms with Gasteiger partial charge in [-0.2, -0.15) is 5.10 Å². The minimum Gasteiger partial charge on any atom is -0.311 e. The van der Waals surface area contributed by atoms with Gasteiger partial charge in [0.25, 0.3) is 0 Å². The van der Waals surface area contributed by atoms with Gasteiger partial charge in [-0.05, 0) is 38.3 Å². The van der Waals surface area contributed by atoms with Crippen LogP contribution in [0.5, 0.6) is 0 Å². The molecule has 1 fully saturated rings. The van der Waals surface area contributed by atoms with Crippen LogP contribution in [-0.4, -0.2) is 16.3 Å². The van der Waals surface area contributed by atoms with E-state index in [-0.39, 0.29) is 0 Å². The van der Waals surface area contributed by atoms with Gasteiger partial charge in [0.15, 0.2) is 0 Å². The summed E-state index contributed by atoms with van der Waals surface area (Å²) in [4.78, 5) is 0. The van der Waals surface area contributed by atoms with E-state index in [2.05, 4.69) is 33.3 Å². The normalized spacial score (nSPS) is 15.9. The summed E-state index contributed by atoms with van der Waals surface area (Å²) < 4.78 is 2.16. The average Bonchev–Trinajstić information content (AvgIpc) is 3.03. The van der Waals surface area contributed by atoms with Crippen molar-refractivity contribution in [3.8, 4) is 12.3 Å². The first-order valence-electron chi connectivity index (χ1n) is 7.08. The minimum absolute atomic E-state index is 0.648. The number of hydrogen-bond donors (Lipinski definition) is 1. The first-order valence-corrected chi connectivity index (χ1v) is 7.08.